The van der Waals surface area contributed by atoms with Gasteiger partial charge >= 0.3 is 0 Å². The third kappa shape index (κ3) is 1.89. The zero-order chi connectivity index (χ0) is 10.3. The molecule has 4 heteroatoms. The van der Waals surface area contributed by atoms with Crippen LogP contribution in [0.3, 0.4) is 0 Å². The van der Waals surface area contributed by atoms with Gasteiger partial charge in [-0.2, -0.15) is 0 Å². The Balaban J connectivity index is 2.83. The van der Waals surface area contributed by atoms with Gasteiger partial charge in [0, 0.05) is 6.04 Å². The largest absolute Gasteiger partial charge is 0.328 e. The molecule has 3 nitrogen and oxygen atoms in total. The number of hydrogen-bond acceptors (Lipinski definition) is 3. The summed E-state index contributed by atoms with van der Waals surface area (Å²) in [5, 5.41) is 0. The zero-order valence-corrected chi connectivity index (χ0v) is 9.39. The van der Waals surface area contributed by atoms with Crippen molar-refractivity contribution in [1.29, 1.82) is 0 Å². The number of hydrogen-bond donors (Lipinski definition) is 1. The molecule has 1 fully saturated rings. The highest BCUT2D eigenvalue weighted by atomic mass is 32.2. The van der Waals surface area contributed by atoms with Gasteiger partial charge in [0.15, 0.2) is 9.84 Å². The molecule has 0 aromatic carbocycles. The lowest BCUT2D eigenvalue weighted by atomic mass is 9.87. The van der Waals surface area contributed by atoms with Crippen LogP contribution in [-0.4, -0.2) is 25.0 Å². The van der Waals surface area contributed by atoms with Crippen LogP contribution in [0.25, 0.3) is 0 Å². The maximum absolute atomic E-state index is 11.6. The molecular weight excluding hydrogens is 186 g/mol. The summed E-state index contributed by atoms with van der Waals surface area (Å²) in [7, 11) is -2.87. The van der Waals surface area contributed by atoms with Gasteiger partial charge in [-0.1, -0.05) is 0 Å². The Morgan fingerprint density at radius 2 is 2.08 bits per heavy atom. The molecule has 0 saturated carbocycles. The van der Waals surface area contributed by atoms with Gasteiger partial charge < -0.3 is 5.73 Å². The van der Waals surface area contributed by atoms with E-state index in [1.165, 1.54) is 0 Å². The van der Waals surface area contributed by atoms with E-state index in [2.05, 4.69) is 0 Å². The lowest BCUT2D eigenvalue weighted by Crippen LogP contribution is -2.36. The van der Waals surface area contributed by atoms with E-state index in [1.54, 1.807) is 0 Å². The highest BCUT2D eigenvalue weighted by Gasteiger charge is 2.47. The monoisotopic (exact) mass is 205 g/mol. The molecule has 1 saturated heterocycles. The van der Waals surface area contributed by atoms with Crippen LogP contribution in [0.4, 0.5) is 0 Å². The molecule has 1 aliphatic heterocycles. The van der Waals surface area contributed by atoms with E-state index in [4.69, 9.17) is 5.73 Å². The van der Waals surface area contributed by atoms with Gasteiger partial charge in [0.25, 0.3) is 0 Å². The minimum Gasteiger partial charge on any atom is -0.328 e. The topological polar surface area (TPSA) is 60.2 Å². The summed E-state index contributed by atoms with van der Waals surface area (Å²) < 4.78 is 22.7. The van der Waals surface area contributed by atoms with Crippen LogP contribution in [-0.2, 0) is 9.84 Å². The predicted octanol–water partition coefficient (Wildman–Crippen LogP) is 0.937. The quantitative estimate of drug-likeness (QED) is 0.729. The molecular formula is C9H19NO2S. The molecule has 1 unspecified atom stereocenters. The molecule has 0 bridgehead atoms. The molecule has 2 N–H and O–H groups in total. The Kier molecular flexibility index (Phi) is 2.74. The van der Waals surface area contributed by atoms with Crippen molar-refractivity contribution in [3.8, 4) is 0 Å². The summed E-state index contributed by atoms with van der Waals surface area (Å²) in [4.78, 5) is 0. The van der Waals surface area contributed by atoms with Gasteiger partial charge in [0.1, 0.15) is 0 Å². The fourth-order valence-electron chi connectivity index (χ4n) is 2.01. The molecule has 0 amide bonds. The highest BCUT2D eigenvalue weighted by Crippen LogP contribution is 2.39. The maximum Gasteiger partial charge on any atom is 0.155 e. The molecule has 0 spiro atoms. The Morgan fingerprint density at radius 1 is 1.54 bits per heavy atom. The molecule has 78 valence electrons. The summed E-state index contributed by atoms with van der Waals surface area (Å²) >= 11 is 0. The van der Waals surface area contributed by atoms with Crippen LogP contribution < -0.4 is 5.73 Å². The van der Waals surface area contributed by atoms with Crippen LogP contribution in [0.1, 0.15) is 33.6 Å². The molecule has 1 heterocycles. The summed E-state index contributed by atoms with van der Waals surface area (Å²) in [6.07, 6.45) is 1.59. The second-order valence-electron chi connectivity index (χ2n) is 4.62. The van der Waals surface area contributed by atoms with Gasteiger partial charge in [-0.3, -0.25) is 0 Å². The lowest BCUT2D eigenvalue weighted by Gasteiger charge is -2.26. The Morgan fingerprint density at radius 3 is 2.38 bits per heavy atom. The van der Waals surface area contributed by atoms with Crippen LogP contribution in [0.15, 0.2) is 0 Å². The summed E-state index contributed by atoms with van der Waals surface area (Å²) in [5.74, 6) is 0.565. The average molecular weight is 205 g/mol. The Hall–Kier alpha value is -0.0900. The van der Waals surface area contributed by atoms with E-state index in [0.29, 0.717) is 5.75 Å². The first-order chi connectivity index (χ1) is 5.77. The van der Waals surface area contributed by atoms with Gasteiger partial charge in [-0.15, -0.1) is 0 Å². The molecule has 2 atom stereocenters. The number of rotatable bonds is 2. The molecule has 0 radical (unpaired) electrons. The molecule has 0 aliphatic carbocycles. The molecule has 1 aliphatic rings. The van der Waals surface area contributed by atoms with E-state index in [0.717, 1.165) is 12.8 Å². The van der Waals surface area contributed by atoms with Gasteiger partial charge in [0.05, 0.1) is 10.5 Å². The highest BCUT2D eigenvalue weighted by molar-refractivity contribution is 7.93. The van der Waals surface area contributed by atoms with Crippen LogP contribution in [0, 0.1) is 5.92 Å². The van der Waals surface area contributed by atoms with E-state index >= 15 is 0 Å². The maximum atomic E-state index is 11.6. The summed E-state index contributed by atoms with van der Waals surface area (Å²) in [6, 6.07) is 0.0950. The molecule has 1 rings (SSSR count). The molecule has 0 aromatic heterocycles. The fraction of sp³-hybridized carbons (Fsp3) is 1.00. The predicted molar refractivity (Wildman–Crippen MR) is 54.2 cm³/mol. The average Bonchev–Trinajstić information content (AvgIpc) is 2.11. The lowest BCUT2D eigenvalue weighted by molar-refractivity contribution is 0.371. The third-order valence-electron chi connectivity index (χ3n) is 3.18. The fourth-order valence-corrected chi connectivity index (χ4v) is 3.86. The van der Waals surface area contributed by atoms with Gasteiger partial charge in [-0.05, 0) is 39.5 Å². The Bertz CT molecular complexity index is 280. The van der Waals surface area contributed by atoms with Crippen LogP contribution in [0.2, 0.25) is 0 Å². The number of sulfone groups is 1. The second kappa shape index (κ2) is 3.24. The van der Waals surface area contributed by atoms with E-state index in [1.807, 2.05) is 20.8 Å². The van der Waals surface area contributed by atoms with Crippen molar-refractivity contribution in [2.24, 2.45) is 11.7 Å². The first-order valence-corrected chi connectivity index (χ1v) is 6.40. The third-order valence-corrected chi connectivity index (χ3v) is 5.89. The minimum absolute atomic E-state index is 0.0950. The van der Waals surface area contributed by atoms with Crippen molar-refractivity contribution in [2.45, 2.75) is 44.4 Å². The normalized spacial score (nSPS) is 33.1. The smallest absolute Gasteiger partial charge is 0.155 e. The first kappa shape index (κ1) is 11.0. The van der Waals surface area contributed by atoms with Crippen molar-refractivity contribution in [3.63, 3.8) is 0 Å². The SMILES string of the molecule is C[C@@H](N)CC1CCS(=O)(=O)C1(C)C. The molecule has 13 heavy (non-hydrogen) atoms. The van der Waals surface area contributed by atoms with Crippen molar-refractivity contribution in [2.75, 3.05) is 5.75 Å². The van der Waals surface area contributed by atoms with Crippen molar-refractivity contribution in [3.05, 3.63) is 0 Å². The van der Waals surface area contributed by atoms with E-state index < -0.39 is 14.6 Å². The first-order valence-electron chi connectivity index (χ1n) is 4.75. The van der Waals surface area contributed by atoms with Crippen molar-refractivity contribution >= 4 is 9.84 Å². The number of nitrogens with two attached hydrogens (primary N) is 1. The second-order valence-corrected chi connectivity index (χ2v) is 7.31. The summed E-state index contributed by atoms with van der Waals surface area (Å²) in [5.41, 5.74) is 5.69. The van der Waals surface area contributed by atoms with Crippen molar-refractivity contribution < 1.29 is 8.42 Å². The van der Waals surface area contributed by atoms with E-state index in [9.17, 15) is 8.42 Å². The van der Waals surface area contributed by atoms with Crippen molar-refractivity contribution in [1.82, 2.24) is 0 Å². The standard InChI is InChI=1S/C9H19NO2S/c1-7(10)6-8-4-5-13(11,12)9(8,2)3/h7-8H,4-6,10H2,1-3H3/t7-,8?/m1/s1. The van der Waals surface area contributed by atoms with Gasteiger partial charge in [0.2, 0.25) is 0 Å². The van der Waals surface area contributed by atoms with Crippen LogP contribution >= 0.6 is 0 Å². The van der Waals surface area contributed by atoms with Gasteiger partial charge in [-0.25, -0.2) is 8.42 Å². The minimum atomic E-state index is -2.87. The van der Waals surface area contributed by atoms with E-state index in [-0.39, 0.29) is 12.0 Å². The zero-order valence-electron chi connectivity index (χ0n) is 8.58. The Labute approximate surface area is 80.6 Å². The summed E-state index contributed by atoms with van der Waals surface area (Å²) in [6.45, 7) is 5.58. The van der Waals surface area contributed by atoms with Crippen LogP contribution in [0.5, 0.6) is 0 Å². The molecule has 0 aromatic rings.